The summed E-state index contributed by atoms with van der Waals surface area (Å²) < 4.78 is 15.5. The first-order valence-electron chi connectivity index (χ1n) is 3.88. The molecule has 0 aromatic rings. The quantitative estimate of drug-likeness (QED) is 0.590. The number of hydrogen-bond donors (Lipinski definition) is 0. The van der Waals surface area contributed by atoms with Gasteiger partial charge < -0.3 is 18.2 Å². The zero-order valence-corrected chi connectivity index (χ0v) is 9.79. The van der Waals surface area contributed by atoms with E-state index in [2.05, 4.69) is 0 Å². The first kappa shape index (κ1) is 12.6. The van der Waals surface area contributed by atoms with Crippen molar-refractivity contribution in [2.75, 3.05) is 34.5 Å². The van der Waals surface area contributed by atoms with E-state index in [1.54, 1.807) is 7.05 Å². The third-order valence-electron chi connectivity index (χ3n) is 1.90. The zero-order valence-electron chi connectivity index (χ0n) is 8.79. The third-order valence-corrected chi connectivity index (χ3v) is 4.63. The minimum atomic E-state index is -2.64. The molecule has 6 heteroatoms. The summed E-state index contributed by atoms with van der Waals surface area (Å²) in [7, 11) is 3.61. The average molecular weight is 207 g/mol. The molecular weight excluding hydrogens is 190 g/mol. The number of rotatable bonds is 5. The van der Waals surface area contributed by atoms with Gasteiger partial charge in [0.15, 0.2) is 0 Å². The molecule has 0 radical (unpaired) electrons. The molecule has 0 aliphatic rings. The van der Waals surface area contributed by atoms with Gasteiger partial charge in [-0.25, -0.2) is 0 Å². The van der Waals surface area contributed by atoms with Crippen molar-refractivity contribution in [3.8, 4) is 0 Å². The van der Waals surface area contributed by atoms with Crippen LogP contribution in [0.5, 0.6) is 0 Å². The molecule has 0 rings (SSSR count). The monoisotopic (exact) mass is 207 g/mol. The predicted molar refractivity (Wildman–Crippen MR) is 50.1 cm³/mol. The van der Waals surface area contributed by atoms with Crippen molar-refractivity contribution >= 4 is 14.7 Å². The highest BCUT2D eigenvalue weighted by molar-refractivity contribution is 6.61. The van der Waals surface area contributed by atoms with E-state index in [0.717, 1.165) is 0 Å². The van der Waals surface area contributed by atoms with E-state index < -0.39 is 8.80 Å². The topological polar surface area (TPSA) is 48.0 Å². The fraction of sp³-hybridized carbons (Fsp3) is 0.857. The number of carbonyl (C=O) groups is 1. The van der Waals surface area contributed by atoms with Crippen molar-refractivity contribution in [1.29, 1.82) is 0 Å². The summed E-state index contributed by atoms with van der Waals surface area (Å²) in [5, 5.41) is 0. The summed E-state index contributed by atoms with van der Waals surface area (Å²) >= 11 is 0. The summed E-state index contributed by atoms with van der Waals surface area (Å²) in [6.45, 7) is 1.49. The summed E-state index contributed by atoms with van der Waals surface area (Å²) in [4.78, 5) is 12.5. The second kappa shape index (κ2) is 5.33. The van der Waals surface area contributed by atoms with Gasteiger partial charge >= 0.3 is 8.80 Å². The minimum Gasteiger partial charge on any atom is -0.376 e. The molecule has 0 fully saturated rings. The highest BCUT2D eigenvalue weighted by atomic mass is 28.4. The fourth-order valence-corrected chi connectivity index (χ4v) is 2.54. The molecule has 0 saturated carbocycles. The van der Waals surface area contributed by atoms with Gasteiger partial charge in [-0.05, 0) is 0 Å². The number of nitrogens with zero attached hydrogens (tertiary/aromatic N) is 1. The molecule has 5 nitrogen and oxygen atoms in total. The number of amides is 1. The van der Waals surface area contributed by atoms with E-state index in [4.69, 9.17) is 13.3 Å². The van der Waals surface area contributed by atoms with E-state index in [1.807, 2.05) is 0 Å². The third kappa shape index (κ3) is 3.43. The number of hydrogen-bond acceptors (Lipinski definition) is 4. The van der Waals surface area contributed by atoms with Crippen LogP contribution >= 0.6 is 0 Å². The van der Waals surface area contributed by atoms with Crippen LogP contribution in [0.3, 0.4) is 0 Å². The van der Waals surface area contributed by atoms with Gasteiger partial charge in [0.25, 0.3) is 0 Å². The molecule has 78 valence electrons. The van der Waals surface area contributed by atoms with Crippen molar-refractivity contribution in [1.82, 2.24) is 4.90 Å². The molecule has 0 spiro atoms. The first-order valence-corrected chi connectivity index (χ1v) is 5.81. The van der Waals surface area contributed by atoms with Crippen LogP contribution in [0.15, 0.2) is 0 Å². The smallest absolute Gasteiger partial charge is 0.376 e. The maximum absolute atomic E-state index is 11.0. The van der Waals surface area contributed by atoms with Crippen LogP contribution in [0.25, 0.3) is 0 Å². The molecule has 0 aliphatic heterocycles. The average Bonchev–Trinajstić information content (AvgIpc) is 2.14. The standard InChI is InChI=1S/C7H17NO4Si/c1-7(9)8(2)6-13(10-3,11-4)12-5/h6H2,1-5H3. The van der Waals surface area contributed by atoms with Crippen LogP contribution in [-0.4, -0.2) is 54.2 Å². The molecule has 0 unspecified atom stereocenters. The Kier molecular flexibility index (Phi) is 5.15. The molecule has 0 aliphatic carbocycles. The van der Waals surface area contributed by atoms with Crippen molar-refractivity contribution in [2.45, 2.75) is 6.92 Å². The van der Waals surface area contributed by atoms with Gasteiger partial charge in [-0.2, -0.15) is 0 Å². The van der Waals surface area contributed by atoms with E-state index in [9.17, 15) is 4.79 Å². The molecule has 1 amide bonds. The number of carbonyl (C=O) groups excluding carboxylic acids is 1. The Balaban J connectivity index is 4.32. The van der Waals surface area contributed by atoms with Crippen molar-refractivity contribution in [3.05, 3.63) is 0 Å². The van der Waals surface area contributed by atoms with Crippen molar-refractivity contribution < 1.29 is 18.1 Å². The summed E-state index contributed by atoms with van der Waals surface area (Å²) in [6, 6.07) is 0. The predicted octanol–water partition coefficient (Wildman–Crippen LogP) is -0.118. The highest BCUT2D eigenvalue weighted by Crippen LogP contribution is 2.07. The maximum Gasteiger partial charge on any atom is 0.520 e. The minimum absolute atomic E-state index is 0.0389. The second-order valence-electron chi connectivity index (χ2n) is 2.67. The molecule has 0 heterocycles. The first-order chi connectivity index (χ1) is 6.01. The van der Waals surface area contributed by atoms with Gasteiger partial charge in [0.05, 0.1) is 6.17 Å². The Morgan fingerprint density at radius 1 is 1.23 bits per heavy atom. The van der Waals surface area contributed by atoms with Crippen LogP contribution in [0.4, 0.5) is 0 Å². The SMILES string of the molecule is CO[Si](CN(C)C(C)=O)(OC)OC. The Labute approximate surface area is 79.9 Å². The Morgan fingerprint density at radius 3 is 1.85 bits per heavy atom. The summed E-state index contributed by atoms with van der Waals surface area (Å²) in [5.41, 5.74) is 0. The van der Waals surface area contributed by atoms with Crippen molar-refractivity contribution in [2.24, 2.45) is 0 Å². The molecule has 0 saturated heterocycles. The molecule has 0 N–H and O–H groups in total. The van der Waals surface area contributed by atoms with Gasteiger partial charge in [-0.3, -0.25) is 4.79 Å². The molecule has 0 bridgehead atoms. The highest BCUT2D eigenvalue weighted by Gasteiger charge is 2.39. The molecule has 0 atom stereocenters. The largest absolute Gasteiger partial charge is 0.520 e. The Bertz CT molecular complexity index is 164. The van der Waals surface area contributed by atoms with E-state index in [0.29, 0.717) is 6.17 Å². The van der Waals surface area contributed by atoms with Crippen LogP contribution in [0, 0.1) is 0 Å². The Hall–Kier alpha value is -0.433. The van der Waals surface area contributed by atoms with E-state index >= 15 is 0 Å². The van der Waals surface area contributed by atoms with Crippen molar-refractivity contribution in [3.63, 3.8) is 0 Å². The Morgan fingerprint density at radius 2 is 1.62 bits per heavy atom. The second-order valence-corrected chi connectivity index (χ2v) is 5.58. The van der Waals surface area contributed by atoms with Gasteiger partial charge in [-0.15, -0.1) is 0 Å². The lowest BCUT2D eigenvalue weighted by atomic mass is 10.6. The van der Waals surface area contributed by atoms with Gasteiger partial charge in [0.1, 0.15) is 0 Å². The van der Waals surface area contributed by atoms with E-state index in [1.165, 1.54) is 33.2 Å². The zero-order chi connectivity index (χ0) is 10.5. The van der Waals surface area contributed by atoms with Gasteiger partial charge in [-0.1, -0.05) is 0 Å². The molecule has 13 heavy (non-hydrogen) atoms. The van der Waals surface area contributed by atoms with Crippen LogP contribution in [0.1, 0.15) is 6.92 Å². The van der Waals surface area contributed by atoms with Crippen LogP contribution < -0.4 is 0 Å². The fourth-order valence-electron chi connectivity index (χ4n) is 0.845. The maximum atomic E-state index is 11.0. The molecule has 0 aromatic carbocycles. The lowest BCUT2D eigenvalue weighted by Gasteiger charge is -2.28. The van der Waals surface area contributed by atoms with Crippen LogP contribution in [0.2, 0.25) is 0 Å². The summed E-state index contributed by atoms with van der Waals surface area (Å²) in [6.07, 6.45) is 0.367. The molecular formula is C7H17NO4Si. The normalized spacial score (nSPS) is 11.5. The summed E-state index contributed by atoms with van der Waals surface area (Å²) in [5.74, 6) is -0.0389. The van der Waals surface area contributed by atoms with E-state index in [-0.39, 0.29) is 5.91 Å². The molecule has 0 aromatic heterocycles. The lowest BCUT2D eigenvalue weighted by molar-refractivity contribution is -0.127. The lowest BCUT2D eigenvalue weighted by Crippen LogP contribution is -2.53. The van der Waals surface area contributed by atoms with Gasteiger partial charge in [0.2, 0.25) is 5.91 Å². The van der Waals surface area contributed by atoms with Gasteiger partial charge in [0, 0.05) is 35.3 Å². The van der Waals surface area contributed by atoms with Crippen LogP contribution in [-0.2, 0) is 18.1 Å².